The highest BCUT2D eigenvalue weighted by Crippen LogP contribution is 2.45. The third-order valence-electron chi connectivity index (χ3n) is 11.5. The summed E-state index contributed by atoms with van der Waals surface area (Å²) in [7, 11) is -4.43. The summed E-state index contributed by atoms with van der Waals surface area (Å²) in [6.07, 6.45) is 2.85. The number of fused-ring (bicyclic) bond motifs is 3. The molecule has 7 rings (SSSR count). The van der Waals surface area contributed by atoms with Crippen molar-refractivity contribution >= 4 is 45.6 Å². The number of nitrogens with zero attached hydrogens (tertiary/aromatic N) is 2. The van der Waals surface area contributed by atoms with Crippen molar-refractivity contribution in [3.05, 3.63) is 72.1 Å². The standard InChI is InChI=1S/C40H49FN6O10S/c1-2-26-20-40(26)37(50)45-58(53,54)34-15-6-5-14-32(34)42-16-7-8-17-55-24-27(43-38(51)56-28-11-3-4-12-28)18-35(48)47-22-29(19-33(47)36(49)44-40)57-39(52)46-21-25-10-9-13-31(41)30(25)23-46/h2,5-6,9-10,13-15,26-29,33,42H,1,3-4,7-8,11-12,16-24H2,(H,43,51)(H,44,49)(H,45,50)/t26-,27?,29+,33-,40-/m0/s1. The Kier molecular flexibility index (Phi) is 12.2. The summed E-state index contributed by atoms with van der Waals surface area (Å²) in [6, 6.07) is 8.60. The Morgan fingerprint density at radius 1 is 1.00 bits per heavy atom. The molecule has 3 fully saturated rings. The Bertz CT molecular complexity index is 2050. The average Bonchev–Trinajstić information content (AvgIpc) is 3.59. The zero-order valence-electron chi connectivity index (χ0n) is 32.1. The fraction of sp³-hybridized carbons (Fsp3) is 0.525. The monoisotopic (exact) mass is 824 g/mol. The van der Waals surface area contributed by atoms with Gasteiger partial charge in [0.25, 0.3) is 15.9 Å². The largest absolute Gasteiger partial charge is 0.446 e. The van der Waals surface area contributed by atoms with Gasteiger partial charge in [-0.15, -0.1) is 6.58 Å². The van der Waals surface area contributed by atoms with E-state index in [1.165, 1.54) is 34.1 Å². The van der Waals surface area contributed by atoms with Crippen LogP contribution in [0.2, 0.25) is 0 Å². The normalized spacial score (nSPS) is 27.9. The van der Waals surface area contributed by atoms with Crippen LogP contribution in [-0.4, -0.2) is 104 Å². The lowest BCUT2D eigenvalue weighted by molar-refractivity contribution is -0.140. The number of sulfonamides is 1. The van der Waals surface area contributed by atoms with Crippen LogP contribution in [0.1, 0.15) is 68.9 Å². The number of hydrogen-bond donors (Lipinski definition) is 4. The van der Waals surface area contributed by atoms with Crippen molar-refractivity contribution in [1.29, 1.82) is 0 Å². The molecule has 5 amide bonds. The number of carbonyl (C=O) groups is 5. The van der Waals surface area contributed by atoms with Crippen LogP contribution in [0.25, 0.3) is 0 Å². The van der Waals surface area contributed by atoms with Crippen LogP contribution in [0.5, 0.6) is 0 Å². The number of anilines is 1. The predicted molar refractivity (Wildman–Crippen MR) is 206 cm³/mol. The van der Waals surface area contributed by atoms with Crippen LogP contribution in [0.4, 0.5) is 19.7 Å². The number of nitrogens with one attached hydrogen (secondary N) is 4. The number of hydrogen-bond acceptors (Lipinski definition) is 11. The van der Waals surface area contributed by atoms with Gasteiger partial charge < -0.3 is 35.1 Å². The fourth-order valence-corrected chi connectivity index (χ4v) is 9.43. The summed E-state index contributed by atoms with van der Waals surface area (Å²) >= 11 is 0. The summed E-state index contributed by atoms with van der Waals surface area (Å²) in [5, 5.41) is 8.60. The molecule has 2 aromatic rings. The average molecular weight is 825 g/mol. The van der Waals surface area contributed by atoms with Crippen LogP contribution in [-0.2, 0) is 51.7 Å². The van der Waals surface area contributed by atoms with Gasteiger partial charge >= 0.3 is 12.2 Å². The van der Waals surface area contributed by atoms with Crippen molar-refractivity contribution in [3.63, 3.8) is 0 Å². The Morgan fingerprint density at radius 2 is 1.79 bits per heavy atom. The molecule has 3 aliphatic heterocycles. The van der Waals surface area contributed by atoms with Crippen molar-refractivity contribution in [2.75, 3.05) is 31.6 Å². The van der Waals surface area contributed by atoms with Crippen molar-refractivity contribution in [3.8, 4) is 0 Å². The third kappa shape index (κ3) is 9.07. The molecule has 16 nitrogen and oxygen atoms in total. The van der Waals surface area contributed by atoms with E-state index >= 15 is 0 Å². The van der Waals surface area contributed by atoms with Crippen LogP contribution in [0, 0.1) is 11.7 Å². The smallest absolute Gasteiger partial charge is 0.410 e. The van der Waals surface area contributed by atoms with E-state index in [2.05, 4.69) is 27.3 Å². The van der Waals surface area contributed by atoms with Gasteiger partial charge in [0.2, 0.25) is 11.8 Å². The lowest BCUT2D eigenvalue weighted by atomic mass is 10.1. The number of rotatable bonds is 4. The number of halogens is 1. The zero-order valence-corrected chi connectivity index (χ0v) is 32.9. The number of benzene rings is 2. The summed E-state index contributed by atoms with van der Waals surface area (Å²) in [5.41, 5.74) is -0.412. The highest BCUT2D eigenvalue weighted by Gasteiger charge is 2.61. The van der Waals surface area contributed by atoms with Crippen LogP contribution in [0.15, 0.2) is 60.0 Å². The second-order valence-corrected chi connectivity index (χ2v) is 17.2. The highest BCUT2D eigenvalue weighted by atomic mass is 32.2. The van der Waals surface area contributed by atoms with E-state index in [1.54, 1.807) is 24.3 Å². The molecule has 1 spiro atoms. The van der Waals surface area contributed by atoms with E-state index in [9.17, 15) is 36.8 Å². The number of amides is 5. The van der Waals surface area contributed by atoms with Crippen molar-refractivity contribution in [2.24, 2.45) is 5.92 Å². The molecule has 3 heterocycles. The molecule has 1 saturated heterocycles. The maximum Gasteiger partial charge on any atom is 0.410 e. The van der Waals surface area contributed by atoms with Gasteiger partial charge in [-0.05, 0) is 68.7 Å². The van der Waals surface area contributed by atoms with Crippen LogP contribution in [0.3, 0.4) is 0 Å². The molecule has 2 aromatic carbocycles. The molecule has 5 atom stereocenters. The van der Waals surface area contributed by atoms with E-state index < -0.39 is 75.4 Å². The molecule has 2 aliphatic carbocycles. The second kappa shape index (κ2) is 17.3. The molecular formula is C40H49FN6O10S. The van der Waals surface area contributed by atoms with E-state index in [-0.39, 0.29) is 68.8 Å². The summed E-state index contributed by atoms with van der Waals surface area (Å²) in [5.74, 6) is -3.41. The van der Waals surface area contributed by atoms with Gasteiger partial charge in [0.15, 0.2) is 0 Å². The van der Waals surface area contributed by atoms with Gasteiger partial charge in [0, 0.05) is 44.0 Å². The minimum absolute atomic E-state index is 0.0194. The lowest BCUT2D eigenvalue weighted by Gasteiger charge is -2.28. The van der Waals surface area contributed by atoms with Gasteiger partial charge in [0.05, 0.1) is 31.4 Å². The fourth-order valence-electron chi connectivity index (χ4n) is 8.20. The Morgan fingerprint density at radius 3 is 2.55 bits per heavy atom. The first kappa shape index (κ1) is 40.9. The first-order valence-corrected chi connectivity index (χ1v) is 21.3. The van der Waals surface area contributed by atoms with E-state index in [1.807, 2.05) is 0 Å². The quantitative estimate of drug-likeness (QED) is 0.329. The molecule has 2 saturated carbocycles. The summed E-state index contributed by atoms with van der Waals surface area (Å²) in [6.45, 7) is 4.22. The van der Waals surface area contributed by atoms with Gasteiger partial charge in [0.1, 0.15) is 34.5 Å². The van der Waals surface area contributed by atoms with Crippen molar-refractivity contribution < 1.29 is 51.0 Å². The van der Waals surface area contributed by atoms with Gasteiger partial charge in [-0.1, -0.05) is 30.3 Å². The molecule has 1 unspecified atom stereocenters. The first-order valence-electron chi connectivity index (χ1n) is 19.8. The molecule has 5 aliphatic rings. The third-order valence-corrected chi connectivity index (χ3v) is 12.8. The minimum Gasteiger partial charge on any atom is -0.446 e. The van der Waals surface area contributed by atoms with Crippen molar-refractivity contribution in [2.45, 2.75) is 106 Å². The predicted octanol–water partition coefficient (Wildman–Crippen LogP) is 3.46. The summed E-state index contributed by atoms with van der Waals surface area (Å²) < 4.78 is 61.3. The zero-order chi connectivity index (χ0) is 41.0. The first-order chi connectivity index (χ1) is 27.9. The molecule has 4 N–H and O–H groups in total. The van der Waals surface area contributed by atoms with Crippen molar-refractivity contribution in [1.82, 2.24) is 25.2 Å². The van der Waals surface area contributed by atoms with E-state index in [4.69, 9.17) is 14.2 Å². The van der Waals surface area contributed by atoms with E-state index in [0.717, 1.165) is 25.7 Å². The van der Waals surface area contributed by atoms with Gasteiger partial charge in [-0.3, -0.25) is 19.3 Å². The summed E-state index contributed by atoms with van der Waals surface area (Å²) in [4.78, 5) is 71.2. The maximum absolute atomic E-state index is 14.5. The number of para-hydroxylation sites is 1. The SMILES string of the molecule is C=C[C@H]1C[C@]12NC(=O)[C@@H]1C[C@@H](OC(=O)N3Cc4cccc(F)c4C3)CN1C(=O)CC(NC(=O)OC1CCCC1)COCCCCNc1ccccc1S(=O)(=O)NC2=O. The van der Waals surface area contributed by atoms with Gasteiger partial charge in [-0.2, -0.15) is 0 Å². The topological polar surface area (TPSA) is 202 Å². The van der Waals surface area contributed by atoms with Gasteiger partial charge in [-0.25, -0.2) is 27.1 Å². The highest BCUT2D eigenvalue weighted by molar-refractivity contribution is 7.90. The molecule has 0 aromatic heterocycles. The molecule has 0 bridgehead atoms. The molecule has 18 heteroatoms. The number of alkyl carbamates (subject to hydrolysis) is 1. The minimum atomic E-state index is -4.43. The number of carbonyl (C=O) groups excluding carboxylic acids is 5. The maximum atomic E-state index is 14.5. The number of ether oxygens (including phenoxy) is 3. The molecule has 0 radical (unpaired) electrons. The second-order valence-electron chi connectivity index (χ2n) is 15.5. The van der Waals surface area contributed by atoms with Crippen LogP contribution < -0.4 is 20.7 Å². The Hall–Kier alpha value is -5.23. The molecular weight excluding hydrogens is 776 g/mol. The van der Waals surface area contributed by atoms with E-state index in [0.29, 0.717) is 30.5 Å². The van der Waals surface area contributed by atoms with Crippen LogP contribution >= 0.6 is 0 Å². The lowest BCUT2D eigenvalue weighted by Crippen LogP contribution is -2.56. The molecule has 312 valence electrons. The Balaban J connectivity index is 1.14. The molecule has 58 heavy (non-hydrogen) atoms. The Labute approximate surface area is 336 Å².